The lowest BCUT2D eigenvalue weighted by molar-refractivity contribution is 0.186. The van der Waals surface area contributed by atoms with Crippen LogP contribution in [0.25, 0.3) is 0 Å². The Morgan fingerprint density at radius 2 is 2.23 bits per heavy atom. The Morgan fingerprint density at radius 3 is 2.92 bits per heavy atom. The van der Waals surface area contributed by atoms with E-state index in [4.69, 9.17) is 0 Å². The zero-order chi connectivity index (χ0) is 9.36. The maximum atomic E-state index is 10.1. The molecule has 1 aromatic heterocycles. The van der Waals surface area contributed by atoms with Gasteiger partial charge in [-0.2, -0.15) is 0 Å². The molecule has 0 unspecified atom stereocenters. The number of pyridine rings is 1. The van der Waals surface area contributed by atoms with Gasteiger partial charge in [-0.1, -0.05) is 6.42 Å². The molecular formula is C10H14NOS. The normalized spacial score (nSPS) is 10.2. The van der Waals surface area contributed by atoms with E-state index in [2.05, 4.69) is 11.1 Å². The van der Waals surface area contributed by atoms with Gasteiger partial charge >= 0.3 is 0 Å². The van der Waals surface area contributed by atoms with Gasteiger partial charge in [0.25, 0.3) is 0 Å². The van der Waals surface area contributed by atoms with Gasteiger partial charge in [-0.15, -0.1) is 11.8 Å². The Labute approximate surface area is 83.4 Å². The number of thioether (sulfide) groups is 1. The SMILES string of the molecule is [O]CCCCCSc1cccnc1. The summed E-state index contributed by atoms with van der Waals surface area (Å²) in [6, 6.07) is 4.01. The van der Waals surface area contributed by atoms with Crippen LogP contribution in [-0.4, -0.2) is 17.3 Å². The molecule has 0 saturated carbocycles. The maximum Gasteiger partial charge on any atom is 0.0822 e. The zero-order valence-electron chi connectivity index (χ0n) is 7.61. The van der Waals surface area contributed by atoms with Crippen molar-refractivity contribution in [2.24, 2.45) is 0 Å². The van der Waals surface area contributed by atoms with Gasteiger partial charge in [0.2, 0.25) is 0 Å². The molecule has 2 nitrogen and oxygen atoms in total. The molecule has 0 aliphatic heterocycles. The summed E-state index contributed by atoms with van der Waals surface area (Å²) in [6.45, 7) is 0.0670. The summed E-state index contributed by atoms with van der Waals surface area (Å²) in [5, 5.41) is 10.1. The zero-order valence-corrected chi connectivity index (χ0v) is 8.43. The Morgan fingerprint density at radius 1 is 1.31 bits per heavy atom. The van der Waals surface area contributed by atoms with Crippen molar-refractivity contribution in [2.75, 3.05) is 12.4 Å². The standard InChI is InChI=1S/C10H14NOS/c12-7-2-1-3-8-13-10-5-4-6-11-9-10/h4-6,9H,1-3,7-8H2. The van der Waals surface area contributed by atoms with Crippen molar-refractivity contribution >= 4 is 11.8 Å². The topological polar surface area (TPSA) is 32.8 Å². The maximum absolute atomic E-state index is 10.1. The summed E-state index contributed by atoms with van der Waals surface area (Å²) in [6.07, 6.45) is 6.64. The van der Waals surface area contributed by atoms with Crippen LogP contribution in [0.3, 0.4) is 0 Å². The molecule has 1 aromatic rings. The van der Waals surface area contributed by atoms with E-state index in [1.165, 1.54) is 4.90 Å². The molecule has 0 aliphatic carbocycles. The summed E-state index contributed by atoms with van der Waals surface area (Å²) >= 11 is 1.81. The van der Waals surface area contributed by atoms with Gasteiger partial charge in [-0.3, -0.25) is 4.98 Å². The van der Waals surface area contributed by atoms with Crippen molar-refractivity contribution in [3.8, 4) is 0 Å². The van der Waals surface area contributed by atoms with E-state index in [1.807, 2.05) is 12.3 Å². The van der Waals surface area contributed by atoms with Gasteiger partial charge in [0.05, 0.1) is 6.61 Å². The summed E-state index contributed by atoms with van der Waals surface area (Å²) in [7, 11) is 0. The van der Waals surface area contributed by atoms with E-state index < -0.39 is 0 Å². The van der Waals surface area contributed by atoms with Crippen LogP contribution in [-0.2, 0) is 5.11 Å². The number of hydrogen-bond donors (Lipinski definition) is 0. The molecule has 0 amide bonds. The lowest BCUT2D eigenvalue weighted by Crippen LogP contribution is -1.84. The molecule has 1 rings (SSSR count). The average Bonchev–Trinajstić information content (AvgIpc) is 2.19. The third-order valence-corrected chi connectivity index (χ3v) is 2.76. The molecular weight excluding hydrogens is 182 g/mol. The van der Waals surface area contributed by atoms with Crippen LogP contribution in [0, 0.1) is 0 Å². The Bertz CT molecular complexity index is 215. The van der Waals surface area contributed by atoms with Crippen molar-refractivity contribution in [1.82, 2.24) is 4.98 Å². The minimum Gasteiger partial charge on any atom is -0.264 e. The second kappa shape index (κ2) is 6.92. The Hall–Kier alpha value is -0.540. The molecule has 0 bridgehead atoms. The number of aromatic nitrogens is 1. The van der Waals surface area contributed by atoms with E-state index in [0.717, 1.165) is 25.0 Å². The second-order valence-corrected chi connectivity index (χ2v) is 3.97. The lowest BCUT2D eigenvalue weighted by atomic mass is 10.3. The minimum atomic E-state index is 0.0670. The van der Waals surface area contributed by atoms with Crippen molar-refractivity contribution in [1.29, 1.82) is 0 Å². The number of nitrogens with zero attached hydrogens (tertiary/aromatic N) is 1. The van der Waals surface area contributed by atoms with Gasteiger partial charge in [-0.05, 0) is 30.7 Å². The Balaban J connectivity index is 2.07. The van der Waals surface area contributed by atoms with Crippen molar-refractivity contribution in [2.45, 2.75) is 24.2 Å². The Kier molecular flexibility index (Phi) is 5.61. The highest BCUT2D eigenvalue weighted by molar-refractivity contribution is 7.99. The third kappa shape index (κ3) is 4.90. The van der Waals surface area contributed by atoms with Gasteiger partial charge in [0.1, 0.15) is 0 Å². The highest BCUT2D eigenvalue weighted by atomic mass is 32.2. The fourth-order valence-corrected chi connectivity index (χ4v) is 1.90. The summed E-state index contributed by atoms with van der Waals surface area (Å²) in [4.78, 5) is 5.24. The molecule has 3 heteroatoms. The molecule has 0 saturated heterocycles. The largest absolute Gasteiger partial charge is 0.264 e. The van der Waals surface area contributed by atoms with E-state index in [9.17, 15) is 5.11 Å². The first kappa shape index (κ1) is 10.5. The highest BCUT2D eigenvalue weighted by Gasteiger charge is 1.93. The fourth-order valence-electron chi connectivity index (χ4n) is 1.00. The molecule has 0 spiro atoms. The molecule has 71 valence electrons. The summed E-state index contributed by atoms with van der Waals surface area (Å²) in [5.74, 6) is 1.09. The van der Waals surface area contributed by atoms with E-state index in [-0.39, 0.29) is 6.61 Å². The van der Waals surface area contributed by atoms with Gasteiger partial charge in [0, 0.05) is 17.3 Å². The van der Waals surface area contributed by atoms with Gasteiger partial charge in [-0.25, -0.2) is 5.11 Å². The van der Waals surface area contributed by atoms with E-state index >= 15 is 0 Å². The first-order valence-electron chi connectivity index (χ1n) is 4.54. The molecule has 1 heterocycles. The van der Waals surface area contributed by atoms with Crippen molar-refractivity contribution in [3.05, 3.63) is 24.5 Å². The number of hydrogen-bond acceptors (Lipinski definition) is 2. The molecule has 0 aliphatic rings. The quantitative estimate of drug-likeness (QED) is 0.517. The highest BCUT2D eigenvalue weighted by Crippen LogP contribution is 2.17. The third-order valence-electron chi connectivity index (χ3n) is 1.69. The monoisotopic (exact) mass is 196 g/mol. The van der Waals surface area contributed by atoms with Crippen LogP contribution in [0.5, 0.6) is 0 Å². The van der Waals surface area contributed by atoms with Crippen LogP contribution in [0.15, 0.2) is 29.4 Å². The van der Waals surface area contributed by atoms with Gasteiger partial charge in [0.15, 0.2) is 0 Å². The lowest BCUT2D eigenvalue weighted by Gasteiger charge is -1.99. The number of rotatable bonds is 6. The fraction of sp³-hybridized carbons (Fsp3) is 0.500. The molecule has 0 atom stereocenters. The van der Waals surface area contributed by atoms with Crippen LogP contribution in [0.1, 0.15) is 19.3 Å². The van der Waals surface area contributed by atoms with Gasteiger partial charge < -0.3 is 0 Å². The smallest absolute Gasteiger partial charge is 0.0822 e. The van der Waals surface area contributed by atoms with E-state index in [0.29, 0.717) is 0 Å². The predicted octanol–water partition coefficient (Wildman–Crippen LogP) is 2.77. The van der Waals surface area contributed by atoms with Crippen molar-refractivity contribution in [3.63, 3.8) is 0 Å². The minimum absolute atomic E-state index is 0.0670. The first-order valence-corrected chi connectivity index (χ1v) is 5.53. The van der Waals surface area contributed by atoms with Crippen LogP contribution in [0.2, 0.25) is 0 Å². The molecule has 0 N–H and O–H groups in total. The predicted molar refractivity (Wildman–Crippen MR) is 54.4 cm³/mol. The van der Waals surface area contributed by atoms with Crippen LogP contribution < -0.4 is 0 Å². The van der Waals surface area contributed by atoms with Crippen LogP contribution >= 0.6 is 11.8 Å². The molecule has 0 aromatic carbocycles. The number of unbranched alkanes of at least 4 members (excludes halogenated alkanes) is 2. The summed E-state index contributed by atoms with van der Waals surface area (Å²) < 4.78 is 0. The van der Waals surface area contributed by atoms with Crippen molar-refractivity contribution < 1.29 is 5.11 Å². The second-order valence-electron chi connectivity index (χ2n) is 2.80. The first-order chi connectivity index (χ1) is 6.43. The molecule has 1 radical (unpaired) electrons. The molecule has 0 fully saturated rings. The van der Waals surface area contributed by atoms with Crippen LogP contribution in [0.4, 0.5) is 0 Å². The summed E-state index contributed by atoms with van der Waals surface area (Å²) in [5.41, 5.74) is 0. The van der Waals surface area contributed by atoms with E-state index in [1.54, 1.807) is 18.0 Å². The average molecular weight is 196 g/mol. The molecule has 13 heavy (non-hydrogen) atoms.